The molecule has 8 heteroatoms. The number of amides is 1. The van der Waals surface area contributed by atoms with Crippen LogP contribution in [0.25, 0.3) is 11.0 Å². The highest BCUT2D eigenvalue weighted by Crippen LogP contribution is 2.23. The van der Waals surface area contributed by atoms with E-state index in [-0.39, 0.29) is 23.3 Å². The number of phenolic OH excluding ortho intramolecular Hbond substituents is 1. The number of carboxylic acids is 1. The molecule has 1 amide bonds. The van der Waals surface area contributed by atoms with Crippen molar-refractivity contribution in [1.29, 1.82) is 0 Å². The van der Waals surface area contributed by atoms with Crippen LogP contribution in [-0.4, -0.2) is 40.1 Å². The van der Waals surface area contributed by atoms with Gasteiger partial charge in [0.05, 0.1) is 12.0 Å². The number of carbonyl (C=O) groups is 2. The molecule has 0 radical (unpaired) electrons. The zero-order chi connectivity index (χ0) is 18.6. The zero-order valence-corrected chi connectivity index (χ0v) is 14.7. The van der Waals surface area contributed by atoms with E-state index >= 15 is 0 Å². The summed E-state index contributed by atoms with van der Waals surface area (Å²) in [4.78, 5) is 35.5. The van der Waals surface area contributed by atoms with Crippen LogP contribution in [-0.2, 0) is 16.0 Å². The number of phenols is 1. The molecule has 134 valence electrons. The first-order chi connectivity index (χ1) is 11.8. The van der Waals surface area contributed by atoms with Crippen LogP contribution in [0.1, 0.15) is 17.5 Å². The zero-order valence-electron chi connectivity index (χ0n) is 13.9. The van der Waals surface area contributed by atoms with Crippen molar-refractivity contribution in [2.24, 2.45) is 0 Å². The summed E-state index contributed by atoms with van der Waals surface area (Å²) in [7, 11) is 0. The van der Waals surface area contributed by atoms with E-state index in [9.17, 15) is 19.5 Å². The van der Waals surface area contributed by atoms with Crippen molar-refractivity contribution < 1.29 is 24.2 Å². The third kappa shape index (κ3) is 4.54. The van der Waals surface area contributed by atoms with Crippen LogP contribution >= 0.6 is 11.8 Å². The molecule has 0 saturated carbocycles. The highest BCUT2D eigenvalue weighted by Gasteiger charge is 2.21. The van der Waals surface area contributed by atoms with Crippen molar-refractivity contribution in [1.82, 2.24) is 5.32 Å². The lowest BCUT2D eigenvalue weighted by atomic mass is 10.0. The predicted molar refractivity (Wildman–Crippen MR) is 95.2 cm³/mol. The summed E-state index contributed by atoms with van der Waals surface area (Å²) in [6, 6.07) is 3.39. The van der Waals surface area contributed by atoms with Crippen LogP contribution < -0.4 is 10.9 Å². The predicted octanol–water partition coefficient (Wildman–Crippen LogP) is 1.67. The molecule has 1 atom stereocenters. The minimum absolute atomic E-state index is 0.0290. The first-order valence-corrected chi connectivity index (χ1v) is 8.99. The normalized spacial score (nSPS) is 12.1. The van der Waals surface area contributed by atoms with E-state index in [0.717, 1.165) is 0 Å². The monoisotopic (exact) mass is 365 g/mol. The van der Waals surface area contributed by atoms with Gasteiger partial charge in [-0.1, -0.05) is 0 Å². The summed E-state index contributed by atoms with van der Waals surface area (Å²) in [5, 5.41) is 21.7. The number of carbonyl (C=O) groups excluding carboxylic acids is 1. The van der Waals surface area contributed by atoms with Crippen LogP contribution in [0, 0.1) is 6.92 Å². The lowest BCUT2D eigenvalue weighted by Gasteiger charge is -2.14. The molecule has 2 aromatic rings. The van der Waals surface area contributed by atoms with Gasteiger partial charge in [0.1, 0.15) is 17.4 Å². The van der Waals surface area contributed by atoms with Crippen molar-refractivity contribution in [3.8, 4) is 5.75 Å². The van der Waals surface area contributed by atoms with Crippen LogP contribution in [0.15, 0.2) is 27.4 Å². The standard InChI is InChI=1S/C17H19NO6S/c1-9-11-4-3-10(19)7-14(11)24-17(23)12(9)8-15(20)18-13(16(21)22)5-6-25-2/h3-4,7,13,19H,5-6,8H2,1-2H3,(H,18,20)(H,21,22)/t13-/m0/s1. The molecule has 0 aliphatic rings. The van der Waals surface area contributed by atoms with Gasteiger partial charge in [-0.05, 0) is 43.0 Å². The van der Waals surface area contributed by atoms with Gasteiger partial charge in [0.2, 0.25) is 5.91 Å². The van der Waals surface area contributed by atoms with Gasteiger partial charge in [0.15, 0.2) is 0 Å². The quantitative estimate of drug-likeness (QED) is 0.639. The number of aromatic hydroxyl groups is 1. The molecule has 0 bridgehead atoms. The number of hydrogen-bond donors (Lipinski definition) is 3. The third-order valence-electron chi connectivity index (χ3n) is 3.85. The Kier molecular flexibility index (Phi) is 6.08. The Balaban J connectivity index is 2.24. The molecule has 1 aromatic heterocycles. The van der Waals surface area contributed by atoms with E-state index in [2.05, 4.69) is 5.32 Å². The van der Waals surface area contributed by atoms with Gasteiger partial charge in [-0.2, -0.15) is 11.8 Å². The first-order valence-electron chi connectivity index (χ1n) is 7.60. The Morgan fingerprint density at radius 1 is 1.36 bits per heavy atom. The SMILES string of the molecule is CSCC[C@H](NC(=O)Cc1c(C)c2ccc(O)cc2oc1=O)C(=O)O. The molecule has 25 heavy (non-hydrogen) atoms. The fourth-order valence-electron chi connectivity index (χ4n) is 2.49. The summed E-state index contributed by atoms with van der Waals surface area (Å²) in [6.07, 6.45) is 1.88. The van der Waals surface area contributed by atoms with Gasteiger partial charge >= 0.3 is 11.6 Å². The van der Waals surface area contributed by atoms with E-state index in [0.29, 0.717) is 23.1 Å². The second-order valence-corrected chi connectivity index (χ2v) is 6.58. The van der Waals surface area contributed by atoms with Crippen molar-refractivity contribution in [2.45, 2.75) is 25.8 Å². The Morgan fingerprint density at radius 3 is 2.72 bits per heavy atom. The highest BCUT2D eigenvalue weighted by molar-refractivity contribution is 7.98. The Hall–Kier alpha value is -2.48. The van der Waals surface area contributed by atoms with Gasteiger partial charge in [0, 0.05) is 11.5 Å². The number of aliphatic carboxylic acids is 1. The maximum absolute atomic E-state index is 12.2. The fourth-order valence-corrected chi connectivity index (χ4v) is 2.96. The number of thioether (sulfide) groups is 1. The molecule has 1 heterocycles. The van der Waals surface area contributed by atoms with E-state index in [1.807, 2.05) is 6.26 Å². The van der Waals surface area contributed by atoms with Crippen LogP contribution in [0.5, 0.6) is 5.75 Å². The van der Waals surface area contributed by atoms with E-state index in [1.165, 1.54) is 23.9 Å². The van der Waals surface area contributed by atoms with E-state index in [4.69, 9.17) is 9.52 Å². The molecule has 0 fully saturated rings. The van der Waals surface area contributed by atoms with Gasteiger partial charge < -0.3 is 19.9 Å². The van der Waals surface area contributed by atoms with Crippen molar-refractivity contribution in [2.75, 3.05) is 12.0 Å². The fraction of sp³-hybridized carbons (Fsp3) is 0.353. The van der Waals surface area contributed by atoms with Gasteiger partial charge in [-0.25, -0.2) is 9.59 Å². The second kappa shape index (κ2) is 8.06. The molecule has 0 unspecified atom stereocenters. The van der Waals surface area contributed by atoms with Crippen LogP contribution in [0.3, 0.4) is 0 Å². The largest absolute Gasteiger partial charge is 0.508 e. The van der Waals surface area contributed by atoms with Crippen molar-refractivity contribution >= 4 is 34.6 Å². The summed E-state index contributed by atoms with van der Waals surface area (Å²) in [5.74, 6) is -1.10. The van der Waals surface area contributed by atoms with Crippen LogP contribution in [0.4, 0.5) is 0 Å². The average molecular weight is 365 g/mol. The molecule has 3 N–H and O–H groups in total. The molecule has 2 rings (SSSR count). The Labute approximate surface area is 148 Å². The minimum Gasteiger partial charge on any atom is -0.508 e. The summed E-state index contributed by atoms with van der Waals surface area (Å²) < 4.78 is 5.16. The molecular formula is C17H19NO6S. The van der Waals surface area contributed by atoms with Crippen molar-refractivity contribution in [3.05, 3.63) is 39.7 Å². The van der Waals surface area contributed by atoms with E-state index in [1.54, 1.807) is 13.0 Å². The Bertz CT molecular complexity index is 860. The van der Waals surface area contributed by atoms with Gasteiger partial charge in [-0.15, -0.1) is 0 Å². The summed E-state index contributed by atoms with van der Waals surface area (Å²) in [6.45, 7) is 1.68. The lowest BCUT2D eigenvalue weighted by Crippen LogP contribution is -2.42. The Morgan fingerprint density at radius 2 is 2.08 bits per heavy atom. The number of nitrogens with one attached hydrogen (secondary N) is 1. The number of fused-ring (bicyclic) bond motifs is 1. The molecule has 0 aliphatic carbocycles. The maximum Gasteiger partial charge on any atom is 0.340 e. The number of aryl methyl sites for hydroxylation is 1. The maximum atomic E-state index is 12.2. The van der Waals surface area contributed by atoms with Crippen LogP contribution in [0.2, 0.25) is 0 Å². The average Bonchev–Trinajstić information content (AvgIpc) is 2.54. The van der Waals surface area contributed by atoms with Gasteiger partial charge in [0.25, 0.3) is 0 Å². The van der Waals surface area contributed by atoms with E-state index < -0.39 is 23.5 Å². The molecular weight excluding hydrogens is 346 g/mol. The topological polar surface area (TPSA) is 117 Å². The summed E-state index contributed by atoms with van der Waals surface area (Å²) in [5.41, 5.74) is 0.291. The van der Waals surface area contributed by atoms with Gasteiger partial charge in [-0.3, -0.25) is 4.79 Å². The first kappa shape index (κ1) is 18.9. The molecule has 0 aliphatic heterocycles. The lowest BCUT2D eigenvalue weighted by molar-refractivity contribution is -0.141. The third-order valence-corrected chi connectivity index (χ3v) is 4.50. The number of benzene rings is 1. The second-order valence-electron chi connectivity index (χ2n) is 5.59. The molecule has 1 aromatic carbocycles. The number of hydrogen-bond acceptors (Lipinski definition) is 6. The highest BCUT2D eigenvalue weighted by atomic mass is 32.2. The smallest absolute Gasteiger partial charge is 0.340 e. The molecule has 0 spiro atoms. The molecule has 7 nitrogen and oxygen atoms in total. The van der Waals surface area contributed by atoms with Crippen molar-refractivity contribution in [3.63, 3.8) is 0 Å². The molecule has 0 saturated heterocycles. The summed E-state index contributed by atoms with van der Waals surface area (Å²) >= 11 is 1.49. The number of carboxylic acid groups (broad SMARTS) is 1. The number of rotatable bonds is 7. The minimum atomic E-state index is -1.11.